The first-order chi connectivity index (χ1) is 8.97. The van der Waals surface area contributed by atoms with Gasteiger partial charge in [0.25, 0.3) is 0 Å². The minimum atomic E-state index is -3.14. The summed E-state index contributed by atoms with van der Waals surface area (Å²) in [6.07, 6.45) is 2.07. The van der Waals surface area contributed by atoms with Gasteiger partial charge in [-0.25, -0.2) is 8.42 Å². The highest BCUT2D eigenvalue weighted by atomic mass is 32.2. The third-order valence-corrected chi connectivity index (χ3v) is 4.99. The van der Waals surface area contributed by atoms with Gasteiger partial charge in [-0.3, -0.25) is 0 Å². The lowest BCUT2D eigenvalue weighted by atomic mass is 10.2. The van der Waals surface area contributed by atoms with Crippen LogP contribution in [0.1, 0.15) is 12.0 Å². The highest BCUT2D eigenvalue weighted by molar-refractivity contribution is 7.88. The zero-order valence-electron chi connectivity index (χ0n) is 11.0. The Bertz CT molecular complexity index is 505. The molecular formula is C13H20N2O2S2. The Hall–Kier alpha value is -0.560. The van der Waals surface area contributed by atoms with Crippen molar-refractivity contribution in [2.24, 2.45) is 0 Å². The molecule has 2 rings (SSSR count). The van der Waals surface area contributed by atoms with E-state index in [1.165, 1.54) is 11.8 Å². The maximum Gasteiger partial charge on any atom is 0.211 e. The first kappa shape index (κ1) is 14.8. The van der Waals surface area contributed by atoms with Crippen LogP contribution in [0.15, 0.2) is 30.3 Å². The molecule has 1 aromatic carbocycles. The molecule has 4 nitrogen and oxygen atoms in total. The van der Waals surface area contributed by atoms with Crippen molar-refractivity contribution in [2.45, 2.75) is 24.3 Å². The van der Waals surface area contributed by atoms with Crippen LogP contribution in [0.2, 0.25) is 0 Å². The fourth-order valence-corrected chi connectivity index (χ4v) is 4.12. The van der Waals surface area contributed by atoms with Gasteiger partial charge in [0.15, 0.2) is 0 Å². The largest absolute Gasteiger partial charge is 0.311 e. The maximum atomic E-state index is 11.7. The van der Waals surface area contributed by atoms with Gasteiger partial charge in [-0.05, 0) is 12.0 Å². The standard InChI is InChI=1S/C13H20N2O2S2/c1-19(16,17)15-10-13(18)7-12(15)9-14-8-11-5-3-2-4-6-11/h2-6,12-14,18H,7-10H2,1H3/t12-,13+/m0/s1. The summed E-state index contributed by atoms with van der Waals surface area (Å²) in [6, 6.07) is 10.1. The van der Waals surface area contributed by atoms with Gasteiger partial charge in [-0.2, -0.15) is 16.9 Å². The molecule has 0 aliphatic carbocycles. The fourth-order valence-electron chi connectivity index (χ4n) is 2.43. The molecule has 2 atom stereocenters. The average Bonchev–Trinajstić information content (AvgIpc) is 2.72. The third-order valence-electron chi connectivity index (χ3n) is 3.32. The van der Waals surface area contributed by atoms with Gasteiger partial charge in [-0.15, -0.1) is 0 Å². The monoisotopic (exact) mass is 300 g/mol. The zero-order valence-corrected chi connectivity index (χ0v) is 12.7. The third kappa shape index (κ3) is 4.21. The highest BCUT2D eigenvalue weighted by Crippen LogP contribution is 2.23. The molecule has 1 heterocycles. The van der Waals surface area contributed by atoms with Crippen LogP contribution < -0.4 is 5.32 Å². The van der Waals surface area contributed by atoms with Crippen LogP contribution >= 0.6 is 12.6 Å². The second-order valence-electron chi connectivity index (χ2n) is 4.99. The van der Waals surface area contributed by atoms with E-state index in [0.717, 1.165) is 13.0 Å². The number of nitrogens with one attached hydrogen (secondary N) is 1. The van der Waals surface area contributed by atoms with Gasteiger partial charge in [0.2, 0.25) is 10.0 Å². The Balaban J connectivity index is 1.88. The minimum Gasteiger partial charge on any atom is -0.311 e. The Kier molecular flexibility index (Phi) is 4.89. The molecule has 19 heavy (non-hydrogen) atoms. The van der Waals surface area contributed by atoms with Crippen molar-refractivity contribution in [3.8, 4) is 0 Å². The van der Waals surface area contributed by atoms with E-state index in [-0.39, 0.29) is 11.3 Å². The highest BCUT2D eigenvalue weighted by Gasteiger charge is 2.35. The van der Waals surface area contributed by atoms with Crippen molar-refractivity contribution in [2.75, 3.05) is 19.3 Å². The molecule has 1 aromatic rings. The van der Waals surface area contributed by atoms with E-state index in [9.17, 15) is 8.42 Å². The second-order valence-corrected chi connectivity index (χ2v) is 7.66. The van der Waals surface area contributed by atoms with Crippen molar-refractivity contribution in [3.63, 3.8) is 0 Å². The summed E-state index contributed by atoms with van der Waals surface area (Å²) in [4.78, 5) is 0. The first-order valence-corrected chi connectivity index (χ1v) is 8.73. The molecule has 0 bridgehead atoms. The van der Waals surface area contributed by atoms with Crippen LogP contribution in [0.4, 0.5) is 0 Å². The molecule has 1 saturated heterocycles. The minimum absolute atomic E-state index is 0.0150. The molecule has 106 valence electrons. The lowest BCUT2D eigenvalue weighted by molar-refractivity contribution is 0.374. The summed E-state index contributed by atoms with van der Waals surface area (Å²) in [5, 5.41) is 3.46. The van der Waals surface area contributed by atoms with Gasteiger partial charge in [-0.1, -0.05) is 30.3 Å². The van der Waals surface area contributed by atoms with Crippen molar-refractivity contribution < 1.29 is 8.42 Å². The molecular weight excluding hydrogens is 280 g/mol. The predicted molar refractivity (Wildman–Crippen MR) is 80.9 cm³/mol. The van der Waals surface area contributed by atoms with Gasteiger partial charge >= 0.3 is 0 Å². The maximum absolute atomic E-state index is 11.7. The molecule has 1 fully saturated rings. The Morgan fingerprint density at radius 1 is 1.37 bits per heavy atom. The summed E-state index contributed by atoms with van der Waals surface area (Å²) >= 11 is 4.40. The van der Waals surface area contributed by atoms with Crippen molar-refractivity contribution in [3.05, 3.63) is 35.9 Å². The van der Waals surface area contributed by atoms with E-state index < -0.39 is 10.0 Å². The van der Waals surface area contributed by atoms with Crippen LogP contribution in [0.3, 0.4) is 0 Å². The van der Waals surface area contributed by atoms with Crippen LogP contribution in [0.5, 0.6) is 0 Å². The molecule has 0 radical (unpaired) electrons. The topological polar surface area (TPSA) is 49.4 Å². The molecule has 1 aliphatic rings. The number of thiol groups is 1. The van der Waals surface area contributed by atoms with Gasteiger partial charge in [0.05, 0.1) is 6.26 Å². The smallest absolute Gasteiger partial charge is 0.211 e. The average molecular weight is 300 g/mol. The fraction of sp³-hybridized carbons (Fsp3) is 0.538. The Morgan fingerprint density at radius 2 is 2.05 bits per heavy atom. The van der Waals surface area contributed by atoms with Crippen LogP contribution in [-0.4, -0.2) is 43.4 Å². The van der Waals surface area contributed by atoms with Gasteiger partial charge < -0.3 is 5.32 Å². The summed E-state index contributed by atoms with van der Waals surface area (Å²) in [6.45, 7) is 1.94. The number of sulfonamides is 1. The van der Waals surface area contributed by atoms with E-state index >= 15 is 0 Å². The molecule has 0 aromatic heterocycles. The summed E-state index contributed by atoms with van der Waals surface area (Å²) in [5.41, 5.74) is 1.20. The summed E-state index contributed by atoms with van der Waals surface area (Å²) in [7, 11) is -3.14. The van der Waals surface area contributed by atoms with E-state index in [4.69, 9.17) is 0 Å². The normalized spacial score (nSPS) is 24.7. The molecule has 0 unspecified atom stereocenters. The van der Waals surface area contributed by atoms with Crippen molar-refractivity contribution in [1.29, 1.82) is 0 Å². The lowest BCUT2D eigenvalue weighted by Gasteiger charge is -2.22. The van der Waals surface area contributed by atoms with Crippen molar-refractivity contribution >= 4 is 22.7 Å². The molecule has 6 heteroatoms. The van der Waals surface area contributed by atoms with E-state index in [1.54, 1.807) is 4.31 Å². The molecule has 1 N–H and O–H groups in total. The van der Waals surface area contributed by atoms with Crippen molar-refractivity contribution in [1.82, 2.24) is 9.62 Å². The zero-order chi connectivity index (χ0) is 13.9. The van der Waals surface area contributed by atoms with Crippen LogP contribution in [0, 0.1) is 0 Å². The quantitative estimate of drug-likeness (QED) is 0.801. The summed E-state index contributed by atoms with van der Waals surface area (Å²) in [5.74, 6) is 0. The Morgan fingerprint density at radius 3 is 2.68 bits per heavy atom. The number of hydrogen-bond acceptors (Lipinski definition) is 4. The number of rotatable bonds is 5. The first-order valence-electron chi connectivity index (χ1n) is 6.36. The SMILES string of the molecule is CS(=O)(=O)N1C[C@H](S)C[C@H]1CNCc1ccccc1. The molecule has 0 saturated carbocycles. The Labute approximate surface area is 120 Å². The van der Waals surface area contributed by atoms with E-state index in [2.05, 4.69) is 30.1 Å². The van der Waals surface area contributed by atoms with E-state index in [0.29, 0.717) is 13.1 Å². The predicted octanol–water partition coefficient (Wildman–Crippen LogP) is 1.11. The van der Waals surface area contributed by atoms with E-state index in [1.807, 2.05) is 18.2 Å². The molecule has 0 spiro atoms. The summed E-state index contributed by atoms with van der Waals surface area (Å²) < 4.78 is 24.9. The number of benzene rings is 1. The molecule has 0 amide bonds. The number of hydrogen-bond donors (Lipinski definition) is 2. The van der Waals surface area contributed by atoms with Crippen LogP contribution in [0.25, 0.3) is 0 Å². The number of nitrogens with zero attached hydrogens (tertiary/aromatic N) is 1. The second kappa shape index (κ2) is 6.26. The molecule has 1 aliphatic heterocycles. The van der Waals surface area contributed by atoms with Gasteiger partial charge in [0.1, 0.15) is 0 Å². The van der Waals surface area contributed by atoms with Gasteiger partial charge in [0, 0.05) is 30.9 Å². The van der Waals surface area contributed by atoms with Crippen LogP contribution in [-0.2, 0) is 16.6 Å². The lowest BCUT2D eigenvalue weighted by Crippen LogP contribution is -2.40.